The maximum Gasteiger partial charge on any atom is 0.0981 e. The van der Waals surface area contributed by atoms with Gasteiger partial charge >= 0.3 is 0 Å². The summed E-state index contributed by atoms with van der Waals surface area (Å²) in [6.07, 6.45) is 0.726. The van der Waals surface area contributed by atoms with E-state index in [2.05, 4.69) is 74.3 Å². The van der Waals surface area contributed by atoms with Crippen molar-refractivity contribution in [3.63, 3.8) is 0 Å². The highest BCUT2D eigenvalue weighted by Gasteiger charge is 2.05. The Bertz CT molecular complexity index is 649. The minimum Gasteiger partial charge on any atom is -0.387 e. The predicted molar refractivity (Wildman–Crippen MR) is 97.9 cm³/mol. The molecule has 0 saturated heterocycles. The molecule has 1 unspecified atom stereocenters. The van der Waals surface area contributed by atoms with Crippen molar-refractivity contribution in [3.8, 4) is 0 Å². The van der Waals surface area contributed by atoms with Gasteiger partial charge in [-0.05, 0) is 31.5 Å². The number of hydrogen-bond donors (Lipinski definition) is 1. The van der Waals surface area contributed by atoms with Crippen molar-refractivity contribution in [1.29, 1.82) is 0 Å². The standard InChI is InChI=1S/C19H24N2S/c1-14-6-4-8-17(10-14)12-19(20)21-13-16(3)22-18-9-5-7-15(2)11-18/h4-11,16H,12-13H2,1-3H3,(H2,20,21). The van der Waals surface area contributed by atoms with Gasteiger partial charge in [0, 0.05) is 16.6 Å². The molecule has 0 aliphatic rings. The number of nitrogens with zero attached hydrogens (tertiary/aromatic N) is 1. The number of nitrogens with two attached hydrogens (primary N) is 1. The number of aliphatic imine (C=N–C) groups is 1. The van der Waals surface area contributed by atoms with Gasteiger partial charge < -0.3 is 5.73 Å². The van der Waals surface area contributed by atoms with E-state index in [1.807, 2.05) is 11.8 Å². The minimum absolute atomic E-state index is 0.415. The van der Waals surface area contributed by atoms with Crippen LogP contribution in [0.15, 0.2) is 58.4 Å². The van der Waals surface area contributed by atoms with Crippen LogP contribution in [0.4, 0.5) is 0 Å². The Hall–Kier alpha value is -1.74. The molecule has 0 heterocycles. The highest BCUT2D eigenvalue weighted by molar-refractivity contribution is 8.00. The quantitative estimate of drug-likeness (QED) is 0.488. The number of amidine groups is 1. The molecule has 2 aromatic carbocycles. The fourth-order valence-electron chi connectivity index (χ4n) is 2.29. The molecule has 2 nitrogen and oxygen atoms in total. The van der Waals surface area contributed by atoms with E-state index in [1.165, 1.54) is 21.6 Å². The zero-order valence-corrected chi connectivity index (χ0v) is 14.4. The van der Waals surface area contributed by atoms with Crippen LogP contribution < -0.4 is 5.73 Å². The van der Waals surface area contributed by atoms with Crippen molar-refractivity contribution in [2.45, 2.75) is 37.3 Å². The van der Waals surface area contributed by atoms with Gasteiger partial charge in [-0.15, -0.1) is 11.8 Å². The normalized spacial score (nSPS) is 13.1. The predicted octanol–water partition coefficient (Wildman–Crippen LogP) is 4.38. The van der Waals surface area contributed by atoms with Crippen LogP contribution in [-0.2, 0) is 6.42 Å². The number of thioether (sulfide) groups is 1. The third kappa shape index (κ3) is 5.57. The largest absolute Gasteiger partial charge is 0.387 e. The molecular weight excluding hydrogens is 288 g/mol. The van der Waals surface area contributed by atoms with E-state index in [-0.39, 0.29) is 0 Å². The van der Waals surface area contributed by atoms with Gasteiger partial charge in [0.25, 0.3) is 0 Å². The summed E-state index contributed by atoms with van der Waals surface area (Å²) in [5.74, 6) is 0.710. The van der Waals surface area contributed by atoms with Crippen LogP contribution >= 0.6 is 11.8 Å². The summed E-state index contributed by atoms with van der Waals surface area (Å²) in [6, 6.07) is 17.0. The first kappa shape index (κ1) is 16.6. The van der Waals surface area contributed by atoms with Crippen LogP contribution in [0, 0.1) is 13.8 Å². The van der Waals surface area contributed by atoms with Crippen LogP contribution in [0.2, 0.25) is 0 Å². The molecule has 0 amide bonds. The fraction of sp³-hybridized carbons (Fsp3) is 0.316. The van der Waals surface area contributed by atoms with E-state index in [9.17, 15) is 0 Å². The summed E-state index contributed by atoms with van der Waals surface area (Å²) < 4.78 is 0. The molecular formula is C19H24N2S. The monoisotopic (exact) mass is 312 g/mol. The molecule has 116 valence electrons. The minimum atomic E-state index is 0.415. The lowest BCUT2D eigenvalue weighted by Crippen LogP contribution is -2.17. The average Bonchev–Trinajstić information content (AvgIpc) is 2.45. The Labute approximate surface area is 137 Å². The fourth-order valence-corrected chi connectivity index (χ4v) is 3.32. The molecule has 1 atom stereocenters. The van der Waals surface area contributed by atoms with Crippen molar-refractivity contribution >= 4 is 17.6 Å². The highest BCUT2D eigenvalue weighted by Crippen LogP contribution is 2.24. The summed E-state index contributed by atoms with van der Waals surface area (Å²) in [7, 11) is 0. The third-order valence-electron chi connectivity index (χ3n) is 3.35. The summed E-state index contributed by atoms with van der Waals surface area (Å²) in [5.41, 5.74) is 9.83. The lowest BCUT2D eigenvalue weighted by atomic mass is 10.1. The summed E-state index contributed by atoms with van der Waals surface area (Å²) in [5, 5.41) is 0.415. The van der Waals surface area contributed by atoms with E-state index < -0.39 is 0 Å². The molecule has 0 aliphatic heterocycles. The van der Waals surface area contributed by atoms with Gasteiger partial charge in [0.2, 0.25) is 0 Å². The summed E-state index contributed by atoms with van der Waals surface area (Å²) >= 11 is 1.85. The molecule has 0 spiro atoms. The molecule has 0 aromatic heterocycles. The van der Waals surface area contributed by atoms with Crippen LogP contribution in [-0.4, -0.2) is 17.6 Å². The van der Waals surface area contributed by atoms with E-state index in [4.69, 9.17) is 5.73 Å². The van der Waals surface area contributed by atoms with Crippen LogP contribution in [0.5, 0.6) is 0 Å². The van der Waals surface area contributed by atoms with E-state index in [0.29, 0.717) is 11.1 Å². The Morgan fingerprint density at radius 3 is 2.45 bits per heavy atom. The van der Waals surface area contributed by atoms with Gasteiger partial charge in [0.1, 0.15) is 0 Å². The molecule has 0 aliphatic carbocycles. The Morgan fingerprint density at radius 2 is 1.77 bits per heavy atom. The second-order valence-electron chi connectivity index (χ2n) is 5.74. The Kier molecular flexibility index (Phi) is 6.08. The van der Waals surface area contributed by atoms with Crippen LogP contribution in [0.3, 0.4) is 0 Å². The van der Waals surface area contributed by atoms with Crippen molar-refractivity contribution < 1.29 is 0 Å². The second kappa shape index (κ2) is 8.04. The highest BCUT2D eigenvalue weighted by atomic mass is 32.2. The smallest absolute Gasteiger partial charge is 0.0981 e. The zero-order chi connectivity index (χ0) is 15.9. The molecule has 22 heavy (non-hydrogen) atoms. The van der Waals surface area contributed by atoms with Gasteiger partial charge in [0.05, 0.1) is 12.4 Å². The van der Waals surface area contributed by atoms with Gasteiger partial charge in [-0.2, -0.15) is 0 Å². The van der Waals surface area contributed by atoms with Crippen molar-refractivity contribution in [1.82, 2.24) is 0 Å². The first-order valence-corrected chi connectivity index (χ1v) is 8.48. The summed E-state index contributed by atoms with van der Waals surface area (Å²) in [6.45, 7) is 7.15. The second-order valence-corrected chi connectivity index (χ2v) is 7.25. The van der Waals surface area contributed by atoms with Crippen LogP contribution in [0.1, 0.15) is 23.6 Å². The molecule has 2 aromatic rings. The molecule has 2 N–H and O–H groups in total. The molecule has 0 saturated carbocycles. The molecule has 3 heteroatoms. The third-order valence-corrected chi connectivity index (χ3v) is 4.42. The summed E-state index contributed by atoms with van der Waals surface area (Å²) in [4.78, 5) is 5.83. The first-order valence-electron chi connectivity index (χ1n) is 7.60. The molecule has 0 bridgehead atoms. The van der Waals surface area contributed by atoms with Crippen LogP contribution in [0.25, 0.3) is 0 Å². The number of hydrogen-bond acceptors (Lipinski definition) is 2. The number of benzene rings is 2. The Balaban J connectivity index is 1.87. The van der Waals surface area contributed by atoms with Gasteiger partial charge in [-0.25, -0.2) is 0 Å². The Morgan fingerprint density at radius 1 is 1.09 bits per heavy atom. The van der Waals surface area contributed by atoms with Gasteiger partial charge in [-0.1, -0.05) is 54.4 Å². The van der Waals surface area contributed by atoms with Crippen molar-refractivity contribution in [2.75, 3.05) is 6.54 Å². The lowest BCUT2D eigenvalue weighted by molar-refractivity contribution is 0.942. The number of rotatable bonds is 6. The van der Waals surface area contributed by atoms with E-state index in [0.717, 1.165) is 13.0 Å². The average molecular weight is 312 g/mol. The van der Waals surface area contributed by atoms with Gasteiger partial charge in [-0.3, -0.25) is 4.99 Å². The maximum atomic E-state index is 6.06. The van der Waals surface area contributed by atoms with E-state index in [1.54, 1.807) is 0 Å². The first-order chi connectivity index (χ1) is 10.5. The van der Waals surface area contributed by atoms with Crippen molar-refractivity contribution in [2.24, 2.45) is 10.7 Å². The molecule has 0 radical (unpaired) electrons. The molecule has 2 rings (SSSR count). The maximum absolute atomic E-state index is 6.06. The SMILES string of the molecule is Cc1cccc(CC(N)=NCC(C)Sc2cccc(C)c2)c1. The molecule has 0 fully saturated rings. The van der Waals surface area contributed by atoms with Gasteiger partial charge in [0.15, 0.2) is 0 Å². The zero-order valence-electron chi connectivity index (χ0n) is 13.5. The van der Waals surface area contributed by atoms with Crippen molar-refractivity contribution in [3.05, 3.63) is 65.2 Å². The number of aryl methyl sites for hydroxylation is 2. The van der Waals surface area contributed by atoms with E-state index >= 15 is 0 Å². The topological polar surface area (TPSA) is 38.4 Å². The lowest BCUT2D eigenvalue weighted by Gasteiger charge is -2.10.